The van der Waals surface area contributed by atoms with Gasteiger partial charge < -0.3 is 10.2 Å². The van der Waals surface area contributed by atoms with E-state index in [1.807, 2.05) is 0 Å². The normalized spacial score (nSPS) is 14.2. The van der Waals surface area contributed by atoms with Crippen LogP contribution in [0.2, 0.25) is 0 Å². The Morgan fingerprint density at radius 2 is 2.00 bits per heavy atom. The number of hydrogen-bond acceptors (Lipinski definition) is 3. The summed E-state index contributed by atoms with van der Waals surface area (Å²) in [5.74, 6) is -1.70. The maximum atomic E-state index is 13.7. The summed E-state index contributed by atoms with van der Waals surface area (Å²) in [4.78, 5) is 11.3. The monoisotopic (exact) mass is 266 g/mol. The first kappa shape index (κ1) is 12.7. The fraction of sp³-hybridized carbons (Fsp3) is 0.154. The van der Waals surface area contributed by atoms with E-state index in [0.29, 0.717) is 0 Å². The van der Waals surface area contributed by atoms with Crippen LogP contribution in [0.25, 0.3) is 0 Å². The summed E-state index contributed by atoms with van der Waals surface area (Å²) in [5, 5.41) is 21.1. The summed E-state index contributed by atoms with van der Waals surface area (Å²) >= 11 is 1.09. The summed E-state index contributed by atoms with van der Waals surface area (Å²) in [7, 11) is 0. The van der Waals surface area contributed by atoms with Gasteiger partial charge in [0.25, 0.3) is 0 Å². The number of halogens is 1. The number of hydrogen-bond donors (Lipinski definition) is 2. The topological polar surface area (TPSA) is 57.5 Å². The van der Waals surface area contributed by atoms with Gasteiger partial charge in [-0.3, -0.25) is 0 Å². The number of thiophene rings is 1. The smallest absolute Gasteiger partial charge is 0.336 e. The summed E-state index contributed by atoms with van der Waals surface area (Å²) in [6.45, 7) is 1.39. The van der Waals surface area contributed by atoms with Gasteiger partial charge in [-0.1, -0.05) is 18.2 Å². The Morgan fingerprint density at radius 1 is 1.33 bits per heavy atom. The largest absolute Gasteiger partial charge is 0.478 e. The van der Waals surface area contributed by atoms with Crippen molar-refractivity contribution in [1.82, 2.24) is 0 Å². The number of benzene rings is 1. The molecule has 3 nitrogen and oxygen atoms in total. The van der Waals surface area contributed by atoms with E-state index in [-0.39, 0.29) is 16.0 Å². The molecule has 0 aliphatic carbocycles. The molecule has 1 aromatic carbocycles. The molecule has 18 heavy (non-hydrogen) atoms. The molecule has 0 saturated heterocycles. The van der Waals surface area contributed by atoms with Crippen molar-refractivity contribution < 1.29 is 19.4 Å². The molecule has 1 aromatic heterocycles. The fourth-order valence-corrected chi connectivity index (χ4v) is 2.79. The molecular formula is C13H11FO3S. The third kappa shape index (κ3) is 2.02. The van der Waals surface area contributed by atoms with Gasteiger partial charge in [-0.2, -0.15) is 0 Å². The van der Waals surface area contributed by atoms with Gasteiger partial charge in [0, 0.05) is 5.56 Å². The van der Waals surface area contributed by atoms with Crippen molar-refractivity contribution in [3.63, 3.8) is 0 Å². The number of aromatic carboxylic acids is 1. The van der Waals surface area contributed by atoms with Crippen molar-refractivity contribution in [2.24, 2.45) is 0 Å². The highest BCUT2D eigenvalue weighted by molar-refractivity contribution is 7.10. The molecule has 2 rings (SSSR count). The molecule has 0 aliphatic rings. The Hall–Kier alpha value is -1.72. The Bertz CT molecular complexity index is 589. The van der Waals surface area contributed by atoms with E-state index < -0.39 is 17.4 Å². The third-order valence-electron chi connectivity index (χ3n) is 2.74. The SMILES string of the molecule is CC(O)(c1ccccc1F)c1sccc1C(=O)O. The lowest BCUT2D eigenvalue weighted by molar-refractivity contribution is 0.0671. The second-order valence-electron chi connectivity index (χ2n) is 4.02. The molecule has 1 heterocycles. The van der Waals surface area contributed by atoms with Gasteiger partial charge in [-0.15, -0.1) is 11.3 Å². The maximum absolute atomic E-state index is 13.7. The Morgan fingerprint density at radius 3 is 2.61 bits per heavy atom. The molecule has 2 aromatic rings. The minimum absolute atomic E-state index is 0.00625. The van der Waals surface area contributed by atoms with E-state index in [4.69, 9.17) is 5.11 Å². The van der Waals surface area contributed by atoms with E-state index in [2.05, 4.69) is 0 Å². The van der Waals surface area contributed by atoms with E-state index in [0.717, 1.165) is 11.3 Å². The number of carboxylic acid groups (broad SMARTS) is 1. The van der Waals surface area contributed by atoms with Gasteiger partial charge >= 0.3 is 5.97 Å². The van der Waals surface area contributed by atoms with Crippen LogP contribution in [0.15, 0.2) is 35.7 Å². The molecule has 1 unspecified atom stereocenters. The zero-order valence-electron chi connectivity index (χ0n) is 9.55. The summed E-state index contributed by atoms with van der Waals surface area (Å²) in [6, 6.07) is 7.19. The first-order chi connectivity index (χ1) is 8.44. The average molecular weight is 266 g/mol. The highest BCUT2D eigenvalue weighted by atomic mass is 32.1. The summed E-state index contributed by atoms with van der Waals surface area (Å²) < 4.78 is 13.7. The van der Waals surface area contributed by atoms with Crippen LogP contribution >= 0.6 is 11.3 Å². The summed E-state index contributed by atoms with van der Waals surface area (Å²) in [6.07, 6.45) is 0. The van der Waals surface area contributed by atoms with Crippen molar-refractivity contribution in [2.45, 2.75) is 12.5 Å². The first-order valence-corrected chi connectivity index (χ1v) is 6.11. The Kier molecular flexibility index (Phi) is 3.19. The molecule has 0 spiro atoms. The molecule has 94 valence electrons. The van der Waals surface area contributed by atoms with Crippen LogP contribution in [0, 0.1) is 5.82 Å². The number of aliphatic hydroxyl groups is 1. The van der Waals surface area contributed by atoms with Crippen molar-refractivity contribution >= 4 is 17.3 Å². The standard InChI is InChI=1S/C13H11FO3S/c1-13(17,9-4-2-3-5-10(9)14)11-8(12(15)16)6-7-18-11/h2-7,17H,1H3,(H,15,16). The van der Waals surface area contributed by atoms with E-state index in [1.165, 1.54) is 31.2 Å². The minimum Gasteiger partial charge on any atom is -0.478 e. The van der Waals surface area contributed by atoms with Crippen molar-refractivity contribution in [3.05, 3.63) is 57.5 Å². The zero-order chi connectivity index (χ0) is 13.3. The van der Waals surface area contributed by atoms with E-state index in [1.54, 1.807) is 11.4 Å². The van der Waals surface area contributed by atoms with Gasteiger partial charge in [0.2, 0.25) is 0 Å². The van der Waals surface area contributed by atoms with E-state index in [9.17, 15) is 14.3 Å². The Balaban J connectivity index is 2.58. The van der Waals surface area contributed by atoms with Crippen LogP contribution in [-0.4, -0.2) is 16.2 Å². The van der Waals surface area contributed by atoms with Crippen LogP contribution in [0.1, 0.15) is 27.7 Å². The van der Waals surface area contributed by atoms with Crippen LogP contribution in [-0.2, 0) is 5.60 Å². The second kappa shape index (κ2) is 4.51. The van der Waals surface area contributed by atoms with Gasteiger partial charge in [0.1, 0.15) is 11.4 Å². The van der Waals surface area contributed by atoms with Crippen LogP contribution in [0.4, 0.5) is 4.39 Å². The second-order valence-corrected chi connectivity index (χ2v) is 4.94. The maximum Gasteiger partial charge on any atom is 0.336 e. The molecule has 0 saturated carbocycles. The van der Waals surface area contributed by atoms with Crippen molar-refractivity contribution in [3.8, 4) is 0 Å². The molecule has 0 fully saturated rings. The molecule has 0 radical (unpaired) electrons. The molecule has 2 N–H and O–H groups in total. The van der Waals surface area contributed by atoms with Gasteiger partial charge in [-0.25, -0.2) is 9.18 Å². The van der Waals surface area contributed by atoms with Gasteiger partial charge in [0.05, 0.1) is 10.4 Å². The minimum atomic E-state index is -1.66. The predicted octanol–water partition coefficient (Wildman–Crippen LogP) is 2.84. The number of carbonyl (C=O) groups is 1. The molecular weight excluding hydrogens is 255 g/mol. The lowest BCUT2D eigenvalue weighted by Crippen LogP contribution is -2.25. The lowest BCUT2D eigenvalue weighted by atomic mass is 9.91. The molecule has 1 atom stereocenters. The molecule has 0 aliphatic heterocycles. The van der Waals surface area contributed by atoms with Crippen molar-refractivity contribution in [1.29, 1.82) is 0 Å². The highest BCUT2D eigenvalue weighted by Crippen LogP contribution is 2.36. The predicted molar refractivity (Wildman–Crippen MR) is 66.4 cm³/mol. The lowest BCUT2D eigenvalue weighted by Gasteiger charge is -2.24. The summed E-state index contributed by atoms with van der Waals surface area (Å²) in [5.41, 5.74) is -1.60. The zero-order valence-corrected chi connectivity index (χ0v) is 10.4. The number of rotatable bonds is 3. The van der Waals surface area contributed by atoms with Crippen LogP contribution in [0.5, 0.6) is 0 Å². The van der Waals surface area contributed by atoms with Gasteiger partial charge in [0.15, 0.2) is 0 Å². The Labute approximate surface area is 107 Å². The number of carboxylic acids is 1. The van der Waals surface area contributed by atoms with Gasteiger partial charge in [-0.05, 0) is 24.4 Å². The average Bonchev–Trinajstić information content (AvgIpc) is 2.78. The quantitative estimate of drug-likeness (QED) is 0.898. The van der Waals surface area contributed by atoms with Crippen LogP contribution in [0.3, 0.4) is 0 Å². The molecule has 5 heteroatoms. The van der Waals surface area contributed by atoms with Crippen LogP contribution < -0.4 is 0 Å². The first-order valence-electron chi connectivity index (χ1n) is 5.23. The third-order valence-corrected chi connectivity index (χ3v) is 3.86. The van der Waals surface area contributed by atoms with Crippen molar-refractivity contribution in [2.75, 3.05) is 0 Å². The molecule has 0 bridgehead atoms. The van der Waals surface area contributed by atoms with E-state index >= 15 is 0 Å². The fourth-order valence-electron chi connectivity index (χ4n) is 1.83. The molecule has 0 amide bonds. The highest BCUT2D eigenvalue weighted by Gasteiger charge is 2.33.